The minimum absolute atomic E-state index is 0.0214. The van der Waals surface area contributed by atoms with Crippen LogP contribution in [0.4, 0.5) is 23.2 Å². The molecule has 1 heterocycles. The summed E-state index contributed by atoms with van der Waals surface area (Å²) in [6.45, 7) is 0.0631. The van der Waals surface area contributed by atoms with Gasteiger partial charge >= 0.3 is 6.18 Å². The van der Waals surface area contributed by atoms with Crippen molar-refractivity contribution in [3.05, 3.63) is 24.0 Å². The van der Waals surface area contributed by atoms with Crippen LogP contribution in [0, 0.1) is 5.82 Å². The number of alkyl halides is 3. The van der Waals surface area contributed by atoms with Crippen molar-refractivity contribution in [2.45, 2.75) is 12.6 Å². The van der Waals surface area contributed by atoms with Crippen molar-refractivity contribution < 1.29 is 27.1 Å². The molecule has 1 amide bonds. The third-order valence-electron chi connectivity index (χ3n) is 2.44. The molecule has 0 aromatic heterocycles. The van der Waals surface area contributed by atoms with Gasteiger partial charge in [-0.25, -0.2) is 4.39 Å². The summed E-state index contributed by atoms with van der Waals surface area (Å²) in [6.07, 6.45) is -6.10. The number of hydrogen-bond donors (Lipinski definition) is 0. The standard InChI is InChI=1S/C11H9F4NO2/c12-7-1-2-8-9(5-7)18-4-3-16(8)10(17)6-11(13,14)15/h1-2,5H,3-4,6H2. The van der Waals surface area contributed by atoms with Crippen LogP contribution in [0.25, 0.3) is 0 Å². The number of halogens is 4. The number of carbonyl (C=O) groups excluding carboxylic acids is 1. The van der Waals surface area contributed by atoms with E-state index in [1.807, 2.05) is 0 Å². The molecule has 1 aliphatic heterocycles. The van der Waals surface area contributed by atoms with E-state index in [1.165, 1.54) is 6.07 Å². The van der Waals surface area contributed by atoms with Crippen LogP contribution in [0.1, 0.15) is 6.42 Å². The molecule has 2 rings (SSSR count). The van der Waals surface area contributed by atoms with Crippen LogP contribution in [0.3, 0.4) is 0 Å². The maximum Gasteiger partial charge on any atom is 0.397 e. The highest BCUT2D eigenvalue weighted by molar-refractivity contribution is 5.95. The number of hydrogen-bond acceptors (Lipinski definition) is 2. The number of fused-ring (bicyclic) bond motifs is 1. The van der Waals surface area contributed by atoms with Gasteiger partial charge in [0, 0.05) is 6.07 Å². The molecule has 0 spiro atoms. The second kappa shape index (κ2) is 4.47. The first-order valence-corrected chi connectivity index (χ1v) is 5.16. The van der Waals surface area contributed by atoms with E-state index in [0.29, 0.717) is 0 Å². The molecule has 0 saturated carbocycles. The number of rotatable bonds is 1. The topological polar surface area (TPSA) is 29.5 Å². The van der Waals surface area contributed by atoms with Crippen molar-refractivity contribution >= 4 is 11.6 Å². The molecule has 0 bridgehead atoms. The molecule has 7 heteroatoms. The summed E-state index contributed by atoms with van der Waals surface area (Å²) in [5, 5.41) is 0. The van der Waals surface area contributed by atoms with Crippen LogP contribution >= 0.6 is 0 Å². The van der Waals surface area contributed by atoms with E-state index in [0.717, 1.165) is 17.0 Å². The molecule has 0 saturated heterocycles. The first-order chi connectivity index (χ1) is 8.37. The summed E-state index contributed by atoms with van der Waals surface area (Å²) >= 11 is 0. The number of nitrogens with zero attached hydrogens (tertiary/aromatic N) is 1. The van der Waals surface area contributed by atoms with Crippen LogP contribution < -0.4 is 9.64 Å². The Balaban J connectivity index is 2.25. The van der Waals surface area contributed by atoms with Gasteiger partial charge in [-0.15, -0.1) is 0 Å². The summed E-state index contributed by atoms with van der Waals surface area (Å²) in [5.74, 6) is -1.56. The lowest BCUT2D eigenvalue weighted by atomic mass is 10.2. The van der Waals surface area contributed by atoms with E-state index >= 15 is 0 Å². The molecule has 98 valence electrons. The SMILES string of the molecule is O=C(CC(F)(F)F)N1CCOc2cc(F)ccc21. The highest BCUT2D eigenvalue weighted by Gasteiger charge is 2.35. The van der Waals surface area contributed by atoms with Gasteiger partial charge in [-0.1, -0.05) is 0 Å². The van der Waals surface area contributed by atoms with Crippen molar-refractivity contribution in [1.82, 2.24) is 0 Å². The minimum Gasteiger partial charge on any atom is -0.489 e. The fraction of sp³-hybridized carbons (Fsp3) is 0.364. The minimum atomic E-state index is -4.56. The Kier molecular flexibility index (Phi) is 3.14. The predicted molar refractivity (Wildman–Crippen MR) is 54.9 cm³/mol. The molecule has 0 N–H and O–H groups in total. The fourth-order valence-electron chi connectivity index (χ4n) is 1.72. The zero-order valence-electron chi connectivity index (χ0n) is 9.13. The van der Waals surface area contributed by atoms with Crippen LogP contribution in [0.5, 0.6) is 5.75 Å². The number of amides is 1. The van der Waals surface area contributed by atoms with E-state index in [1.54, 1.807) is 0 Å². The number of anilines is 1. The van der Waals surface area contributed by atoms with E-state index in [9.17, 15) is 22.4 Å². The van der Waals surface area contributed by atoms with E-state index in [2.05, 4.69) is 0 Å². The molecule has 3 nitrogen and oxygen atoms in total. The number of benzene rings is 1. The van der Waals surface area contributed by atoms with Crippen molar-refractivity contribution in [2.24, 2.45) is 0 Å². The zero-order valence-corrected chi connectivity index (χ0v) is 9.13. The van der Waals surface area contributed by atoms with Gasteiger partial charge in [-0.05, 0) is 12.1 Å². The third kappa shape index (κ3) is 2.72. The van der Waals surface area contributed by atoms with Gasteiger partial charge in [0.05, 0.1) is 12.2 Å². The zero-order chi connectivity index (χ0) is 13.3. The lowest BCUT2D eigenvalue weighted by Gasteiger charge is -2.29. The summed E-state index contributed by atoms with van der Waals surface area (Å²) in [5.41, 5.74) is 0.164. The van der Waals surface area contributed by atoms with Gasteiger partial charge in [-0.3, -0.25) is 4.79 Å². The molecule has 0 aliphatic carbocycles. The first kappa shape index (κ1) is 12.7. The Hall–Kier alpha value is -1.79. The van der Waals surface area contributed by atoms with E-state index in [-0.39, 0.29) is 24.6 Å². The van der Waals surface area contributed by atoms with Crippen LogP contribution in [-0.4, -0.2) is 25.2 Å². The fourth-order valence-corrected chi connectivity index (χ4v) is 1.72. The number of ether oxygens (including phenoxy) is 1. The second-order valence-corrected chi connectivity index (χ2v) is 3.80. The summed E-state index contributed by atoms with van der Waals surface area (Å²) in [6, 6.07) is 3.35. The quantitative estimate of drug-likeness (QED) is 0.728. The Labute approximate surface area is 99.9 Å². The molecule has 0 atom stereocenters. The van der Waals surface area contributed by atoms with Crippen LogP contribution in [-0.2, 0) is 4.79 Å². The summed E-state index contributed by atoms with van der Waals surface area (Å²) in [4.78, 5) is 12.5. The van der Waals surface area contributed by atoms with E-state index in [4.69, 9.17) is 4.74 Å². The Morgan fingerprint density at radius 3 is 2.78 bits per heavy atom. The van der Waals surface area contributed by atoms with Gasteiger partial charge in [0.2, 0.25) is 5.91 Å². The maximum absolute atomic E-state index is 12.9. The van der Waals surface area contributed by atoms with Crippen LogP contribution in [0.15, 0.2) is 18.2 Å². The Morgan fingerprint density at radius 1 is 1.39 bits per heavy atom. The Bertz CT molecular complexity index is 473. The molecule has 1 aliphatic rings. The lowest BCUT2D eigenvalue weighted by Crippen LogP contribution is -2.39. The van der Waals surface area contributed by atoms with Gasteiger partial charge in [-0.2, -0.15) is 13.2 Å². The highest BCUT2D eigenvalue weighted by Crippen LogP contribution is 2.33. The molecule has 1 aromatic rings. The molecule has 18 heavy (non-hydrogen) atoms. The third-order valence-corrected chi connectivity index (χ3v) is 2.44. The lowest BCUT2D eigenvalue weighted by molar-refractivity contribution is -0.152. The van der Waals surface area contributed by atoms with E-state index < -0.39 is 24.3 Å². The molecular formula is C11H9F4NO2. The maximum atomic E-state index is 12.9. The van der Waals surface area contributed by atoms with Crippen molar-refractivity contribution in [2.75, 3.05) is 18.1 Å². The summed E-state index contributed by atoms with van der Waals surface area (Å²) < 4.78 is 54.5. The van der Waals surface area contributed by atoms with Crippen LogP contribution in [0.2, 0.25) is 0 Å². The molecule has 0 unspecified atom stereocenters. The largest absolute Gasteiger partial charge is 0.489 e. The first-order valence-electron chi connectivity index (χ1n) is 5.16. The smallest absolute Gasteiger partial charge is 0.397 e. The predicted octanol–water partition coefficient (Wildman–Crippen LogP) is 2.50. The van der Waals surface area contributed by atoms with Gasteiger partial charge < -0.3 is 9.64 Å². The Morgan fingerprint density at radius 2 is 2.11 bits per heavy atom. The highest BCUT2D eigenvalue weighted by atomic mass is 19.4. The second-order valence-electron chi connectivity index (χ2n) is 3.80. The van der Waals surface area contributed by atoms with Gasteiger partial charge in [0.25, 0.3) is 0 Å². The summed E-state index contributed by atoms with van der Waals surface area (Å²) in [7, 11) is 0. The average molecular weight is 263 g/mol. The van der Waals surface area contributed by atoms with Gasteiger partial charge in [0.15, 0.2) is 0 Å². The molecule has 1 aromatic carbocycles. The van der Waals surface area contributed by atoms with Gasteiger partial charge in [0.1, 0.15) is 24.6 Å². The molecular weight excluding hydrogens is 254 g/mol. The normalized spacial score (nSPS) is 15.0. The molecule has 0 fully saturated rings. The average Bonchev–Trinajstić information content (AvgIpc) is 2.25. The molecule has 0 radical (unpaired) electrons. The monoisotopic (exact) mass is 263 g/mol. The van der Waals surface area contributed by atoms with Crippen molar-refractivity contribution in [1.29, 1.82) is 0 Å². The van der Waals surface area contributed by atoms with Crippen molar-refractivity contribution in [3.8, 4) is 5.75 Å². The van der Waals surface area contributed by atoms with Crippen molar-refractivity contribution in [3.63, 3.8) is 0 Å². The number of carbonyl (C=O) groups is 1.